The minimum absolute atomic E-state index is 0.00326. The molecule has 1 amide bonds. The van der Waals surface area contributed by atoms with E-state index in [0.717, 1.165) is 20.1 Å². The van der Waals surface area contributed by atoms with E-state index < -0.39 is 0 Å². The van der Waals surface area contributed by atoms with Gasteiger partial charge in [0.2, 0.25) is 5.91 Å². The largest absolute Gasteiger partial charge is 0.340 e. The van der Waals surface area contributed by atoms with Crippen LogP contribution in [0.3, 0.4) is 0 Å². The van der Waals surface area contributed by atoms with Crippen molar-refractivity contribution in [3.63, 3.8) is 0 Å². The Morgan fingerprint density at radius 2 is 2.08 bits per heavy atom. The molecule has 0 aliphatic rings. The molecule has 0 N–H and O–H groups in total. The van der Waals surface area contributed by atoms with Gasteiger partial charge in [-0.2, -0.15) is 0 Å². The number of benzene rings is 2. The summed E-state index contributed by atoms with van der Waals surface area (Å²) in [6, 6.07) is 14.3. The van der Waals surface area contributed by atoms with E-state index in [1.54, 1.807) is 29.4 Å². The molecule has 0 aliphatic heterocycles. The SMILES string of the molecule is C[C@H](Sc1nc2ccccc2s1)C(=O)N(C)Cc1cccc(F)c1. The van der Waals surface area contributed by atoms with Crippen molar-refractivity contribution in [1.82, 2.24) is 9.88 Å². The lowest BCUT2D eigenvalue weighted by molar-refractivity contribution is -0.129. The van der Waals surface area contributed by atoms with Gasteiger partial charge in [0, 0.05) is 13.6 Å². The molecule has 1 heterocycles. The van der Waals surface area contributed by atoms with Crippen LogP contribution in [0, 0.1) is 5.82 Å². The molecule has 0 aliphatic carbocycles. The van der Waals surface area contributed by atoms with Crippen molar-refractivity contribution < 1.29 is 9.18 Å². The van der Waals surface area contributed by atoms with Crippen LogP contribution in [-0.2, 0) is 11.3 Å². The Labute approximate surface area is 148 Å². The second-order valence-electron chi connectivity index (χ2n) is 5.53. The minimum atomic E-state index is -0.287. The Bertz CT molecular complexity index is 832. The predicted octanol–water partition coefficient (Wildman–Crippen LogP) is 4.57. The first kappa shape index (κ1) is 16.9. The Hall–Kier alpha value is -1.92. The second-order valence-corrected chi connectivity index (χ2v) is 8.15. The van der Waals surface area contributed by atoms with E-state index in [4.69, 9.17) is 0 Å². The van der Waals surface area contributed by atoms with Gasteiger partial charge in [0.05, 0.1) is 15.5 Å². The topological polar surface area (TPSA) is 33.2 Å². The number of amides is 1. The van der Waals surface area contributed by atoms with Gasteiger partial charge in [0.15, 0.2) is 4.34 Å². The average molecular weight is 360 g/mol. The first-order chi connectivity index (χ1) is 11.5. The van der Waals surface area contributed by atoms with Gasteiger partial charge in [-0.1, -0.05) is 36.0 Å². The highest BCUT2D eigenvalue weighted by Gasteiger charge is 2.20. The van der Waals surface area contributed by atoms with Gasteiger partial charge in [-0.05, 0) is 36.8 Å². The number of para-hydroxylation sites is 1. The maximum absolute atomic E-state index is 13.3. The van der Waals surface area contributed by atoms with Crippen molar-refractivity contribution in [2.45, 2.75) is 23.1 Å². The molecular formula is C18H17FN2OS2. The van der Waals surface area contributed by atoms with E-state index in [-0.39, 0.29) is 17.0 Å². The van der Waals surface area contributed by atoms with Gasteiger partial charge in [-0.3, -0.25) is 4.79 Å². The normalized spacial score (nSPS) is 12.3. The Morgan fingerprint density at radius 3 is 2.83 bits per heavy atom. The highest BCUT2D eigenvalue weighted by molar-refractivity contribution is 8.02. The van der Waals surface area contributed by atoms with Crippen molar-refractivity contribution in [2.75, 3.05) is 7.05 Å². The lowest BCUT2D eigenvalue weighted by Crippen LogP contribution is -2.32. The van der Waals surface area contributed by atoms with Crippen molar-refractivity contribution in [2.24, 2.45) is 0 Å². The molecule has 24 heavy (non-hydrogen) atoms. The fourth-order valence-corrected chi connectivity index (χ4v) is 4.73. The number of thioether (sulfide) groups is 1. The standard InChI is InChI=1S/C18H17FN2OS2/c1-12(23-18-20-15-8-3-4-9-16(15)24-18)17(22)21(2)11-13-6-5-7-14(19)10-13/h3-10,12H,11H2,1-2H3/t12-/m0/s1. The number of thiazole rings is 1. The molecule has 0 radical (unpaired) electrons. The van der Waals surface area contributed by atoms with Gasteiger partial charge in [-0.15, -0.1) is 11.3 Å². The van der Waals surface area contributed by atoms with Crippen LogP contribution in [0.4, 0.5) is 4.39 Å². The third-order valence-electron chi connectivity index (χ3n) is 3.58. The first-order valence-corrected chi connectivity index (χ1v) is 9.24. The van der Waals surface area contributed by atoms with Crippen LogP contribution < -0.4 is 0 Å². The summed E-state index contributed by atoms with van der Waals surface area (Å²) < 4.78 is 15.3. The van der Waals surface area contributed by atoms with Crippen molar-refractivity contribution in [3.8, 4) is 0 Å². The minimum Gasteiger partial charge on any atom is -0.340 e. The summed E-state index contributed by atoms with van der Waals surface area (Å²) >= 11 is 3.05. The van der Waals surface area contributed by atoms with Crippen LogP contribution in [0.1, 0.15) is 12.5 Å². The first-order valence-electron chi connectivity index (χ1n) is 7.54. The van der Waals surface area contributed by atoms with Crippen molar-refractivity contribution >= 4 is 39.2 Å². The number of carbonyl (C=O) groups excluding carboxylic acids is 1. The zero-order valence-electron chi connectivity index (χ0n) is 13.4. The third-order valence-corrected chi connectivity index (χ3v) is 5.80. The Kier molecular flexibility index (Phi) is 5.16. The number of halogens is 1. The quantitative estimate of drug-likeness (QED) is 0.625. The Morgan fingerprint density at radius 1 is 1.29 bits per heavy atom. The van der Waals surface area contributed by atoms with Crippen molar-refractivity contribution in [3.05, 3.63) is 59.9 Å². The molecule has 0 saturated heterocycles. The number of carbonyl (C=O) groups is 1. The van der Waals surface area contributed by atoms with E-state index >= 15 is 0 Å². The summed E-state index contributed by atoms with van der Waals surface area (Å²) in [5.41, 5.74) is 1.74. The summed E-state index contributed by atoms with van der Waals surface area (Å²) in [5, 5.41) is -0.246. The fraction of sp³-hybridized carbons (Fsp3) is 0.222. The van der Waals surface area contributed by atoms with Gasteiger partial charge in [0.25, 0.3) is 0 Å². The molecule has 0 unspecified atom stereocenters. The number of hydrogen-bond donors (Lipinski definition) is 0. The molecular weight excluding hydrogens is 343 g/mol. The van der Waals surface area contributed by atoms with Gasteiger partial charge < -0.3 is 4.90 Å². The molecule has 2 aromatic carbocycles. The summed E-state index contributed by atoms with van der Waals surface area (Å²) in [6.07, 6.45) is 0. The zero-order chi connectivity index (χ0) is 17.1. The number of rotatable bonds is 5. The van der Waals surface area contributed by atoms with Crippen LogP contribution in [0.2, 0.25) is 0 Å². The molecule has 0 bridgehead atoms. The lowest BCUT2D eigenvalue weighted by atomic mass is 10.2. The van der Waals surface area contributed by atoms with Crippen LogP contribution in [0.15, 0.2) is 52.9 Å². The van der Waals surface area contributed by atoms with E-state index in [1.807, 2.05) is 37.3 Å². The molecule has 0 spiro atoms. The highest BCUT2D eigenvalue weighted by Crippen LogP contribution is 2.32. The van der Waals surface area contributed by atoms with Gasteiger partial charge >= 0.3 is 0 Å². The summed E-state index contributed by atoms with van der Waals surface area (Å²) in [4.78, 5) is 18.7. The summed E-state index contributed by atoms with van der Waals surface area (Å²) in [7, 11) is 1.74. The van der Waals surface area contributed by atoms with Crippen LogP contribution in [0.25, 0.3) is 10.2 Å². The van der Waals surface area contributed by atoms with Gasteiger partial charge in [0.1, 0.15) is 5.82 Å². The van der Waals surface area contributed by atoms with Crippen LogP contribution >= 0.6 is 23.1 Å². The number of fused-ring (bicyclic) bond motifs is 1. The molecule has 6 heteroatoms. The van der Waals surface area contributed by atoms with E-state index in [1.165, 1.54) is 23.9 Å². The van der Waals surface area contributed by atoms with Gasteiger partial charge in [-0.25, -0.2) is 9.37 Å². The molecule has 3 nitrogen and oxygen atoms in total. The van der Waals surface area contributed by atoms with Crippen LogP contribution in [-0.4, -0.2) is 28.1 Å². The van der Waals surface area contributed by atoms with E-state index in [2.05, 4.69) is 4.98 Å². The average Bonchev–Trinajstić information content (AvgIpc) is 2.96. The molecule has 3 rings (SSSR count). The molecule has 0 fully saturated rings. The van der Waals surface area contributed by atoms with E-state index in [0.29, 0.717) is 6.54 Å². The summed E-state index contributed by atoms with van der Waals surface area (Å²) in [5.74, 6) is -0.284. The number of nitrogens with zero attached hydrogens (tertiary/aromatic N) is 2. The maximum Gasteiger partial charge on any atom is 0.235 e. The highest BCUT2D eigenvalue weighted by atomic mass is 32.2. The fourth-order valence-electron chi connectivity index (χ4n) is 2.40. The monoisotopic (exact) mass is 360 g/mol. The zero-order valence-corrected chi connectivity index (χ0v) is 15.0. The third kappa shape index (κ3) is 3.94. The predicted molar refractivity (Wildman–Crippen MR) is 97.8 cm³/mol. The van der Waals surface area contributed by atoms with Crippen LogP contribution in [0.5, 0.6) is 0 Å². The number of aromatic nitrogens is 1. The number of hydrogen-bond acceptors (Lipinski definition) is 4. The molecule has 1 aromatic heterocycles. The smallest absolute Gasteiger partial charge is 0.235 e. The molecule has 1 atom stereocenters. The Balaban J connectivity index is 1.65. The second kappa shape index (κ2) is 7.32. The van der Waals surface area contributed by atoms with Crippen molar-refractivity contribution in [1.29, 1.82) is 0 Å². The maximum atomic E-state index is 13.3. The molecule has 3 aromatic rings. The van der Waals surface area contributed by atoms with E-state index in [9.17, 15) is 9.18 Å². The molecule has 124 valence electrons. The molecule has 0 saturated carbocycles. The summed E-state index contributed by atoms with van der Waals surface area (Å²) in [6.45, 7) is 2.27. The lowest BCUT2D eigenvalue weighted by Gasteiger charge is -2.20.